The molecule has 2 rings (SSSR count). The van der Waals surface area contributed by atoms with Gasteiger partial charge in [-0.15, -0.1) is 0 Å². The van der Waals surface area contributed by atoms with Crippen LogP contribution in [0.2, 0.25) is 0 Å². The number of furan rings is 1. The second-order valence-corrected chi connectivity index (χ2v) is 7.27. The molecule has 0 radical (unpaired) electrons. The van der Waals surface area contributed by atoms with Gasteiger partial charge >= 0.3 is 0 Å². The fourth-order valence-corrected chi connectivity index (χ4v) is 2.66. The molecule has 1 aromatic heterocycles. The van der Waals surface area contributed by atoms with E-state index in [4.69, 9.17) is 4.42 Å². The monoisotopic (exact) mass is 272 g/mol. The van der Waals surface area contributed by atoms with Crippen LogP contribution in [0.3, 0.4) is 0 Å². The van der Waals surface area contributed by atoms with E-state index in [2.05, 4.69) is 23.9 Å². The van der Waals surface area contributed by atoms with Crippen LogP contribution in [0.25, 0.3) is 0 Å². The molecule has 0 saturated heterocycles. The van der Waals surface area contributed by atoms with E-state index in [1.54, 1.807) is 6.07 Å². The van der Waals surface area contributed by atoms with Crippen molar-refractivity contribution < 1.29 is 12.8 Å². The van der Waals surface area contributed by atoms with Gasteiger partial charge in [-0.1, -0.05) is 13.8 Å². The molecule has 0 spiro atoms. The topological polar surface area (TPSA) is 71.3 Å². The summed E-state index contributed by atoms with van der Waals surface area (Å²) in [5.41, 5.74) is 0.455. The maximum absolute atomic E-state index is 11.5. The zero-order chi connectivity index (χ0) is 13.4. The van der Waals surface area contributed by atoms with Crippen LogP contribution in [-0.2, 0) is 16.6 Å². The summed E-state index contributed by atoms with van der Waals surface area (Å²) in [5.74, 6) is 1.36. The number of nitrogens with one attached hydrogen (secondary N) is 2. The SMILES string of the molecule is CNS(=O)(=O)c1ccc(CNCC2CC2(C)C)o1. The van der Waals surface area contributed by atoms with Gasteiger partial charge in [0.15, 0.2) is 0 Å². The van der Waals surface area contributed by atoms with Gasteiger partial charge in [-0.2, -0.15) is 0 Å². The lowest BCUT2D eigenvalue weighted by Gasteiger charge is -2.04. The van der Waals surface area contributed by atoms with Crippen molar-refractivity contribution in [1.82, 2.24) is 10.0 Å². The second-order valence-electron chi connectivity index (χ2n) is 5.45. The molecular weight excluding hydrogens is 252 g/mol. The standard InChI is InChI=1S/C12H20N2O3S/c1-12(2)6-9(12)7-14-8-10-4-5-11(17-10)18(15,16)13-3/h4-5,9,13-14H,6-8H2,1-3H3. The van der Waals surface area contributed by atoms with E-state index in [9.17, 15) is 8.42 Å². The first-order valence-corrected chi connectivity index (χ1v) is 7.56. The van der Waals surface area contributed by atoms with Crippen molar-refractivity contribution >= 4 is 10.0 Å². The zero-order valence-corrected chi connectivity index (χ0v) is 11.8. The maximum Gasteiger partial charge on any atom is 0.273 e. The van der Waals surface area contributed by atoms with E-state index in [0.717, 1.165) is 6.54 Å². The highest BCUT2D eigenvalue weighted by atomic mass is 32.2. The summed E-state index contributed by atoms with van der Waals surface area (Å²) < 4.78 is 30.4. The van der Waals surface area contributed by atoms with E-state index in [1.165, 1.54) is 19.5 Å². The largest absolute Gasteiger partial charge is 0.447 e. The summed E-state index contributed by atoms with van der Waals surface area (Å²) in [6.07, 6.45) is 1.25. The Morgan fingerprint density at radius 2 is 2.11 bits per heavy atom. The van der Waals surface area contributed by atoms with Gasteiger partial charge in [-0.3, -0.25) is 0 Å². The van der Waals surface area contributed by atoms with Crippen molar-refractivity contribution in [1.29, 1.82) is 0 Å². The van der Waals surface area contributed by atoms with Crippen LogP contribution in [0.1, 0.15) is 26.0 Å². The Hall–Kier alpha value is -0.850. The highest BCUT2D eigenvalue weighted by molar-refractivity contribution is 7.89. The average molecular weight is 272 g/mol. The Balaban J connectivity index is 1.84. The van der Waals surface area contributed by atoms with Gasteiger partial charge in [0.05, 0.1) is 6.54 Å². The van der Waals surface area contributed by atoms with E-state index >= 15 is 0 Å². The molecule has 1 saturated carbocycles. The summed E-state index contributed by atoms with van der Waals surface area (Å²) in [4.78, 5) is 0. The molecule has 18 heavy (non-hydrogen) atoms. The lowest BCUT2D eigenvalue weighted by molar-refractivity contribution is 0.396. The van der Waals surface area contributed by atoms with E-state index in [1.807, 2.05) is 0 Å². The minimum atomic E-state index is -3.47. The predicted octanol–water partition coefficient (Wildman–Crippen LogP) is 1.32. The van der Waals surface area contributed by atoms with Crippen molar-refractivity contribution in [2.75, 3.05) is 13.6 Å². The minimum absolute atomic E-state index is 0.0337. The van der Waals surface area contributed by atoms with Crippen LogP contribution in [-0.4, -0.2) is 22.0 Å². The minimum Gasteiger partial charge on any atom is -0.447 e. The zero-order valence-electron chi connectivity index (χ0n) is 11.0. The summed E-state index contributed by atoms with van der Waals surface area (Å²) in [6.45, 7) is 6.02. The van der Waals surface area contributed by atoms with Gasteiger partial charge in [-0.25, -0.2) is 13.1 Å². The molecule has 5 nitrogen and oxygen atoms in total. The van der Waals surface area contributed by atoms with Gasteiger partial charge in [0.2, 0.25) is 5.09 Å². The van der Waals surface area contributed by atoms with Gasteiger partial charge in [0.25, 0.3) is 10.0 Å². The van der Waals surface area contributed by atoms with Crippen LogP contribution in [0.5, 0.6) is 0 Å². The third-order valence-electron chi connectivity index (χ3n) is 3.58. The quantitative estimate of drug-likeness (QED) is 0.819. The Morgan fingerprint density at radius 3 is 2.67 bits per heavy atom. The molecule has 1 aliphatic rings. The molecule has 0 aromatic carbocycles. The normalized spacial score (nSPS) is 22.1. The van der Waals surface area contributed by atoms with Crippen molar-refractivity contribution in [2.24, 2.45) is 11.3 Å². The Bertz CT molecular complexity index is 519. The van der Waals surface area contributed by atoms with Crippen LogP contribution < -0.4 is 10.0 Å². The molecule has 1 heterocycles. The number of rotatable bonds is 6. The first kappa shape index (κ1) is 13.6. The van der Waals surface area contributed by atoms with Crippen molar-refractivity contribution in [3.63, 3.8) is 0 Å². The lowest BCUT2D eigenvalue weighted by atomic mass is 10.1. The Kier molecular flexibility index (Phi) is 3.53. The summed E-state index contributed by atoms with van der Waals surface area (Å²) in [5, 5.41) is 3.26. The van der Waals surface area contributed by atoms with Crippen LogP contribution in [0.15, 0.2) is 21.6 Å². The van der Waals surface area contributed by atoms with Crippen molar-refractivity contribution in [3.8, 4) is 0 Å². The first-order valence-electron chi connectivity index (χ1n) is 6.08. The summed E-state index contributed by atoms with van der Waals surface area (Å²) in [7, 11) is -2.10. The molecule has 102 valence electrons. The van der Waals surface area contributed by atoms with Gasteiger partial charge in [0.1, 0.15) is 5.76 Å². The van der Waals surface area contributed by atoms with E-state index in [-0.39, 0.29) is 5.09 Å². The van der Waals surface area contributed by atoms with Crippen LogP contribution in [0, 0.1) is 11.3 Å². The molecule has 0 amide bonds. The average Bonchev–Trinajstić information content (AvgIpc) is 2.74. The predicted molar refractivity (Wildman–Crippen MR) is 68.5 cm³/mol. The van der Waals surface area contributed by atoms with Crippen molar-refractivity contribution in [2.45, 2.75) is 31.9 Å². The number of hydrogen-bond donors (Lipinski definition) is 2. The van der Waals surface area contributed by atoms with Gasteiger partial charge in [-0.05, 0) is 43.5 Å². The summed E-state index contributed by atoms with van der Waals surface area (Å²) >= 11 is 0. The fourth-order valence-electron chi connectivity index (χ4n) is 1.99. The molecule has 0 bridgehead atoms. The molecule has 1 fully saturated rings. The smallest absolute Gasteiger partial charge is 0.273 e. The highest BCUT2D eigenvalue weighted by Crippen LogP contribution is 2.50. The third kappa shape index (κ3) is 2.93. The third-order valence-corrected chi connectivity index (χ3v) is 4.86. The molecule has 6 heteroatoms. The first-order chi connectivity index (χ1) is 8.35. The van der Waals surface area contributed by atoms with Gasteiger partial charge < -0.3 is 9.73 Å². The molecule has 1 atom stereocenters. The molecule has 1 aromatic rings. The van der Waals surface area contributed by atoms with Crippen molar-refractivity contribution in [3.05, 3.63) is 17.9 Å². The molecule has 1 unspecified atom stereocenters. The number of hydrogen-bond acceptors (Lipinski definition) is 4. The van der Waals surface area contributed by atoms with Gasteiger partial charge in [0, 0.05) is 0 Å². The highest BCUT2D eigenvalue weighted by Gasteiger charge is 2.44. The maximum atomic E-state index is 11.5. The fraction of sp³-hybridized carbons (Fsp3) is 0.667. The number of sulfonamides is 1. The molecular formula is C12H20N2O3S. The molecule has 2 N–H and O–H groups in total. The molecule has 1 aliphatic carbocycles. The lowest BCUT2D eigenvalue weighted by Crippen LogP contribution is -2.18. The van der Waals surface area contributed by atoms with E-state index in [0.29, 0.717) is 23.6 Å². The van der Waals surface area contributed by atoms with Crippen LogP contribution in [0.4, 0.5) is 0 Å². The van der Waals surface area contributed by atoms with Crippen LogP contribution >= 0.6 is 0 Å². The Morgan fingerprint density at radius 1 is 1.44 bits per heavy atom. The molecule has 0 aliphatic heterocycles. The Labute approximate surface area is 108 Å². The second kappa shape index (κ2) is 4.68. The van der Waals surface area contributed by atoms with E-state index < -0.39 is 10.0 Å². The summed E-state index contributed by atoms with van der Waals surface area (Å²) in [6, 6.07) is 3.17.